The lowest BCUT2D eigenvalue weighted by atomic mass is 10.0. The Bertz CT molecular complexity index is 832. The maximum absolute atomic E-state index is 12.6. The highest BCUT2D eigenvalue weighted by atomic mass is 16.6. The minimum absolute atomic E-state index is 0.128. The molecule has 0 aliphatic carbocycles. The highest BCUT2D eigenvalue weighted by Crippen LogP contribution is 2.24. The standard InChI is InChI=1S/C18H18N2O6/c1-11-14(4-3-5-16(11)20(24)25)18(23)19-15(10-17(21)22)12-6-8-13(26-2)9-7-12/h3-9,15H,10H2,1-2H3,(H,19,23)(H,21,22). The number of nitrogens with one attached hydrogen (secondary N) is 1. The fourth-order valence-corrected chi connectivity index (χ4v) is 2.57. The predicted octanol–water partition coefficient (Wildman–Crippen LogP) is 2.86. The van der Waals surface area contributed by atoms with E-state index in [0.717, 1.165) is 0 Å². The van der Waals surface area contributed by atoms with E-state index in [4.69, 9.17) is 9.84 Å². The van der Waals surface area contributed by atoms with Crippen molar-refractivity contribution in [1.82, 2.24) is 5.32 Å². The van der Waals surface area contributed by atoms with Gasteiger partial charge in [-0.2, -0.15) is 0 Å². The normalized spacial score (nSPS) is 11.5. The molecule has 0 spiro atoms. The molecule has 8 heteroatoms. The molecule has 0 heterocycles. The first-order chi connectivity index (χ1) is 12.3. The third-order valence-corrected chi connectivity index (χ3v) is 3.95. The van der Waals surface area contributed by atoms with Gasteiger partial charge in [0, 0.05) is 17.2 Å². The molecule has 0 bridgehead atoms. The molecule has 1 atom stereocenters. The average molecular weight is 358 g/mol. The first-order valence-electron chi connectivity index (χ1n) is 7.74. The fourth-order valence-electron chi connectivity index (χ4n) is 2.57. The lowest BCUT2D eigenvalue weighted by molar-refractivity contribution is -0.385. The number of rotatable bonds is 7. The molecule has 136 valence electrons. The van der Waals surface area contributed by atoms with Crippen LogP contribution in [-0.2, 0) is 4.79 Å². The third kappa shape index (κ3) is 4.35. The topological polar surface area (TPSA) is 119 Å². The molecule has 0 saturated carbocycles. The zero-order valence-corrected chi connectivity index (χ0v) is 14.3. The summed E-state index contributed by atoms with van der Waals surface area (Å²) < 4.78 is 5.06. The minimum Gasteiger partial charge on any atom is -0.497 e. The second kappa shape index (κ2) is 8.11. The summed E-state index contributed by atoms with van der Waals surface area (Å²) in [4.78, 5) is 34.2. The minimum atomic E-state index is -1.08. The number of benzene rings is 2. The number of nitrogens with zero attached hydrogens (tertiary/aromatic N) is 1. The monoisotopic (exact) mass is 358 g/mol. The van der Waals surface area contributed by atoms with Gasteiger partial charge in [-0.15, -0.1) is 0 Å². The number of carbonyl (C=O) groups is 2. The zero-order chi connectivity index (χ0) is 19.3. The van der Waals surface area contributed by atoms with Crippen LogP contribution in [0.15, 0.2) is 42.5 Å². The van der Waals surface area contributed by atoms with Crippen LogP contribution < -0.4 is 10.1 Å². The van der Waals surface area contributed by atoms with Crippen LogP contribution in [-0.4, -0.2) is 29.0 Å². The van der Waals surface area contributed by atoms with E-state index in [-0.39, 0.29) is 23.2 Å². The van der Waals surface area contributed by atoms with Crippen molar-refractivity contribution in [2.45, 2.75) is 19.4 Å². The summed E-state index contributed by atoms with van der Waals surface area (Å²) in [6.45, 7) is 1.48. The van der Waals surface area contributed by atoms with Crippen molar-refractivity contribution >= 4 is 17.6 Å². The van der Waals surface area contributed by atoms with Gasteiger partial charge in [-0.05, 0) is 30.7 Å². The van der Waals surface area contributed by atoms with Gasteiger partial charge in [0.2, 0.25) is 0 Å². The van der Waals surface area contributed by atoms with Gasteiger partial charge in [-0.3, -0.25) is 19.7 Å². The van der Waals surface area contributed by atoms with Crippen LogP contribution >= 0.6 is 0 Å². The van der Waals surface area contributed by atoms with Crippen LogP contribution in [0.25, 0.3) is 0 Å². The highest BCUT2D eigenvalue weighted by molar-refractivity contribution is 5.97. The molecule has 0 fully saturated rings. The number of hydrogen-bond donors (Lipinski definition) is 2. The number of methoxy groups -OCH3 is 1. The lowest BCUT2D eigenvalue weighted by Crippen LogP contribution is -2.30. The average Bonchev–Trinajstić information content (AvgIpc) is 2.60. The summed E-state index contributed by atoms with van der Waals surface area (Å²) in [6.07, 6.45) is -0.327. The van der Waals surface area contributed by atoms with E-state index >= 15 is 0 Å². The Kier molecular flexibility index (Phi) is 5.90. The Balaban J connectivity index is 2.30. The van der Waals surface area contributed by atoms with Gasteiger partial charge in [0.05, 0.1) is 24.5 Å². The molecule has 1 amide bonds. The van der Waals surface area contributed by atoms with Crippen LogP contribution in [0.5, 0.6) is 5.75 Å². The first kappa shape index (κ1) is 18.9. The molecule has 0 saturated heterocycles. The van der Waals surface area contributed by atoms with E-state index in [1.54, 1.807) is 24.3 Å². The van der Waals surface area contributed by atoms with Gasteiger partial charge in [0.25, 0.3) is 11.6 Å². The number of aliphatic carboxylic acids is 1. The Morgan fingerprint density at radius 1 is 1.23 bits per heavy atom. The van der Waals surface area contributed by atoms with Gasteiger partial charge >= 0.3 is 5.97 Å². The SMILES string of the molecule is COc1ccc(C(CC(=O)O)NC(=O)c2cccc([N+](=O)[O-])c2C)cc1. The number of amides is 1. The van der Waals surface area contributed by atoms with Crippen LogP contribution in [0.3, 0.4) is 0 Å². The van der Waals surface area contributed by atoms with Crippen molar-refractivity contribution in [2.75, 3.05) is 7.11 Å². The zero-order valence-electron chi connectivity index (χ0n) is 14.3. The molecule has 0 aliphatic rings. The van der Waals surface area contributed by atoms with Crippen molar-refractivity contribution in [2.24, 2.45) is 0 Å². The molecular weight excluding hydrogens is 340 g/mol. The van der Waals surface area contributed by atoms with Crippen LogP contribution in [0.2, 0.25) is 0 Å². The molecule has 2 N–H and O–H groups in total. The van der Waals surface area contributed by atoms with Crippen LogP contribution in [0.4, 0.5) is 5.69 Å². The number of nitro benzene ring substituents is 1. The largest absolute Gasteiger partial charge is 0.497 e. The van der Waals surface area contributed by atoms with Gasteiger partial charge in [0.1, 0.15) is 5.75 Å². The molecule has 0 aromatic heterocycles. The Hall–Kier alpha value is -3.42. The Morgan fingerprint density at radius 2 is 1.88 bits per heavy atom. The predicted molar refractivity (Wildman–Crippen MR) is 93.3 cm³/mol. The molecule has 2 rings (SSSR count). The van der Waals surface area contributed by atoms with Crippen molar-refractivity contribution in [3.8, 4) is 5.75 Å². The lowest BCUT2D eigenvalue weighted by Gasteiger charge is -2.18. The van der Waals surface area contributed by atoms with Crippen LogP contribution in [0.1, 0.15) is 33.9 Å². The summed E-state index contributed by atoms with van der Waals surface area (Å²) in [5.41, 5.74) is 0.767. The maximum Gasteiger partial charge on any atom is 0.305 e. The van der Waals surface area contributed by atoms with Gasteiger partial charge < -0.3 is 15.2 Å². The molecule has 2 aromatic rings. The number of carbonyl (C=O) groups excluding carboxylic acids is 1. The quantitative estimate of drug-likeness (QED) is 0.580. The smallest absolute Gasteiger partial charge is 0.305 e. The van der Waals surface area contributed by atoms with Crippen LogP contribution in [0, 0.1) is 17.0 Å². The van der Waals surface area contributed by atoms with E-state index in [1.165, 1.54) is 32.2 Å². The molecule has 1 unspecified atom stereocenters. The molecule has 0 aliphatic heterocycles. The number of carboxylic acids is 1. The number of hydrogen-bond acceptors (Lipinski definition) is 5. The summed E-state index contributed by atoms with van der Waals surface area (Å²) in [6, 6.07) is 10.0. The van der Waals surface area contributed by atoms with Crippen molar-refractivity contribution in [3.63, 3.8) is 0 Å². The maximum atomic E-state index is 12.6. The van der Waals surface area contributed by atoms with E-state index in [1.807, 2.05) is 0 Å². The molecule has 2 aromatic carbocycles. The number of ether oxygens (including phenoxy) is 1. The van der Waals surface area contributed by atoms with E-state index in [0.29, 0.717) is 11.3 Å². The van der Waals surface area contributed by atoms with E-state index in [9.17, 15) is 19.7 Å². The van der Waals surface area contributed by atoms with Gasteiger partial charge in [0.15, 0.2) is 0 Å². The first-order valence-corrected chi connectivity index (χ1v) is 7.74. The molecule has 8 nitrogen and oxygen atoms in total. The second-order valence-corrected chi connectivity index (χ2v) is 5.60. The third-order valence-electron chi connectivity index (χ3n) is 3.95. The summed E-state index contributed by atoms with van der Waals surface area (Å²) in [7, 11) is 1.51. The highest BCUT2D eigenvalue weighted by Gasteiger charge is 2.22. The Morgan fingerprint density at radius 3 is 2.42 bits per heavy atom. The Labute approximate surface area is 149 Å². The van der Waals surface area contributed by atoms with Crippen molar-refractivity contribution in [3.05, 3.63) is 69.3 Å². The van der Waals surface area contributed by atoms with Crippen molar-refractivity contribution < 1.29 is 24.4 Å². The van der Waals surface area contributed by atoms with E-state index < -0.39 is 22.8 Å². The summed E-state index contributed by atoms with van der Waals surface area (Å²) in [5.74, 6) is -1.06. The second-order valence-electron chi connectivity index (χ2n) is 5.60. The fraction of sp³-hybridized carbons (Fsp3) is 0.222. The number of carboxylic acid groups (broad SMARTS) is 1. The van der Waals surface area contributed by atoms with E-state index in [2.05, 4.69) is 5.32 Å². The summed E-state index contributed by atoms with van der Waals surface area (Å²) in [5, 5.41) is 22.8. The molecule has 0 radical (unpaired) electrons. The van der Waals surface area contributed by atoms with Gasteiger partial charge in [-0.1, -0.05) is 18.2 Å². The van der Waals surface area contributed by atoms with Gasteiger partial charge in [-0.25, -0.2) is 0 Å². The van der Waals surface area contributed by atoms with Crippen molar-refractivity contribution in [1.29, 1.82) is 0 Å². The summed E-state index contributed by atoms with van der Waals surface area (Å²) >= 11 is 0. The number of nitro groups is 1. The molecule has 26 heavy (non-hydrogen) atoms. The molecular formula is C18H18N2O6.